The summed E-state index contributed by atoms with van der Waals surface area (Å²) in [5, 5.41) is 5.12. The fraction of sp³-hybridized carbons (Fsp3) is 0.812. The number of rotatable bonds is 5. The van der Waals surface area contributed by atoms with Crippen LogP contribution in [-0.2, 0) is 23.1 Å². The Morgan fingerprint density at radius 3 is 2.80 bits per heavy atom. The van der Waals surface area contributed by atoms with Crippen molar-refractivity contribution < 1.29 is 4.74 Å². The number of nitrogens with one attached hydrogen (secondary N) is 1. The molecular formula is C16H26N2OS. The topological polar surface area (TPSA) is 34.1 Å². The van der Waals surface area contributed by atoms with Crippen LogP contribution in [0.25, 0.3) is 0 Å². The van der Waals surface area contributed by atoms with E-state index in [1.165, 1.54) is 54.1 Å². The zero-order valence-corrected chi connectivity index (χ0v) is 13.7. The molecule has 3 nitrogen and oxygen atoms in total. The zero-order valence-electron chi connectivity index (χ0n) is 12.9. The van der Waals surface area contributed by atoms with Gasteiger partial charge in [-0.1, -0.05) is 13.8 Å². The summed E-state index contributed by atoms with van der Waals surface area (Å²) in [7, 11) is 1.77. The van der Waals surface area contributed by atoms with Crippen molar-refractivity contribution in [2.24, 2.45) is 5.41 Å². The number of fused-ring (bicyclic) bond motifs is 1. The fourth-order valence-corrected chi connectivity index (χ4v) is 5.08. The van der Waals surface area contributed by atoms with Crippen LogP contribution in [0.3, 0.4) is 0 Å². The van der Waals surface area contributed by atoms with Crippen molar-refractivity contribution in [2.75, 3.05) is 20.3 Å². The maximum absolute atomic E-state index is 5.22. The first-order valence-electron chi connectivity index (χ1n) is 7.78. The van der Waals surface area contributed by atoms with Gasteiger partial charge in [0.05, 0.1) is 17.8 Å². The van der Waals surface area contributed by atoms with Crippen LogP contribution >= 0.6 is 11.3 Å². The van der Waals surface area contributed by atoms with Gasteiger partial charge in [0, 0.05) is 18.5 Å². The average Bonchev–Trinajstić information content (AvgIpc) is 3.02. The van der Waals surface area contributed by atoms with Crippen LogP contribution in [0.15, 0.2) is 0 Å². The Morgan fingerprint density at radius 1 is 1.30 bits per heavy atom. The third-order valence-electron chi connectivity index (χ3n) is 4.78. The number of aryl methyl sites for hydroxylation is 2. The van der Waals surface area contributed by atoms with E-state index in [1.807, 2.05) is 11.3 Å². The SMILES string of the molecule is COCCNC1(c2nc3c(s2)CCC3)CCC(C)(C)C1. The maximum atomic E-state index is 5.22. The smallest absolute Gasteiger partial charge is 0.113 e. The Hall–Kier alpha value is -0.450. The van der Waals surface area contributed by atoms with Crippen LogP contribution in [0.4, 0.5) is 0 Å². The Morgan fingerprint density at radius 2 is 2.15 bits per heavy atom. The van der Waals surface area contributed by atoms with Crippen LogP contribution in [0.5, 0.6) is 0 Å². The van der Waals surface area contributed by atoms with Crippen LogP contribution in [0.1, 0.15) is 55.1 Å². The molecule has 0 aromatic carbocycles. The first kappa shape index (κ1) is 14.5. The van der Waals surface area contributed by atoms with Gasteiger partial charge >= 0.3 is 0 Å². The highest BCUT2D eigenvalue weighted by atomic mass is 32.1. The molecule has 1 aromatic heterocycles. The molecule has 1 fully saturated rings. The van der Waals surface area contributed by atoms with Gasteiger partial charge in [-0.2, -0.15) is 0 Å². The standard InChI is InChI=1S/C16H26N2OS/c1-15(2)7-8-16(11-15,17-9-10-19-3)14-18-12-5-4-6-13(12)20-14/h17H,4-11H2,1-3H3. The summed E-state index contributed by atoms with van der Waals surface area (Å²) in [6, 6.07) is 0. The van der Waals surface area contributed by atoms with E-state index in [0.717, 1.165) is 13.2 Å². The van der Waals surface area contributed by atoms with Crippen molar-refractivity contribution in [3.63, 3.8) is 0 Å². The molecule has 0 radical (unpaired) electrons. The second-order valence-electron chi connectivity index (χ2n) is 7.09. The van der Waals surface area contributed by atoms with Crippen molar-refractivity contribution in [1.82, 2.24) is 10.3 Å². The van der Waals surface area contributed by atoms with Gasteiger partial charge in [0.15, 0.2) is 0 Å². The number of thiazole rings is 1. The van der Waals surface area contributed by atoms with Crippen molar-refractivity contribution in [3.05, 3.63) is 15.6 Å². The van der Waals surface area contributed by atoms with Crippen molar-refractivity contribution in [2.45, 2.75) is 57.9 Å². The predicted octanol–water partition coefficient (Wildman–Crippen LogP) is 3.27. The molecule has 0 saturated heterocycles. The fourth-order valence-electron chi connectivity index (χ4n) is 3.74. The number of methoxy groups -OCH3 is 1. The number of nitrogens with zero attached hydrogens (tertiary/aromatic N) is 1. The van der Waals surface area contributed by atoms with Crippen LogP contribution in [0.2, 0.25) is 0 Å². The van der Waals surface area contributed by atoms with Crippen molar-refractivity contribution >= 4 is 11.3 Å². The average molecular weight is 294 g/mol. The van der Waals surface area contributed by atoms with Gasteiger partial charge in [0.1, 0.15) is 5.01 Å². The Labute approximate surface area is 126 Å². The number of hydrogen-bond donors (Lipinski definition) is 1. The first-order valence-corrected chi connectivity index (χ1v) is 8.59. The van der Waals surface area contributed by atoms with E-state index in [2.05, 4.69) is 19.2 Å². The van der Waals surface area contributed by atoms with E-state index in [-0.39, 0.29) is 5.54 Å². The molecule has 2 aliphatic carbocycles. The van der Waals surface area contributed by atoms with Crippen LogP contribution < -0.4 is 5.32 Å². The summed E-state index contributed by atoms with van der Waals surface area (Å²) >= 11 is 1.96. The molecule has 1 N–H and O–H groups in total. The van der Waals surface area contributed by atoms with Crippen molar-refractivity contribution in [1.29, 1.82) is 0 Å². The van der Waals surface area contributed by atoms with Gasteiger partial charge in [-0.05, 0) is 43.9 Å². The lowest BCUT2D eigenvalue weighted by Gasteiger charge is -2.30. The molecule has 1 heterocycles. The minimum absolute atomic E-state index is 0.0943. The number of hydrogen-bond acceptors (Lipinski definition) is 4. The Balaban J connectivity index is 1.85. The highest BCUT2D eigenvalue weighted by Crippen LogP contribution is 2.50. The van der Waals surface area contributed by atoms with Crippen molar-refractivity contribution in [3.8, 4) is 0 Å². The van der Waals surface area contributed by atoms with Gasteiger partial charge in [-0.15, -0.1) is 11.3 Å². The summed E-state index contributed by atoms with van der Waals surface area (Å²) in [6.07, 6.45) is 7.39. The number of aromatic nitrogens is 1. The normalized spacial score (nSPS) is 27.9. The summed E-state index contributed by atoms with van der Waals surface area (Å²) < 4.78 is 5.22. The lowest BCUT2D eigenvalue weighted by Crippen LogP contribution is -2.42. The quantitative estimate of drug-likeness (QED) is 0.846. The van der Waals surface area contributed by atoms with E-state index in [9.17, 15) is 0 Å². The lowest BCUT2D eigenvalue weighted by molar-refractivity contribution is 0.180. The molecule has 1 unspecified atom stereocenters. The third-order valence-corrected chi connectivity index (χ3v) is 6.15. The second kappa shape index (κ2) is 5.39. The van der Waals surface area contributed by atoms with E-state index >= 15 is 0 Å². The summed E-state index contributed by atoms with van der Waals surface area (Å²) in [6.45, 7) is 6.45. The van der Waals surface area contributed by atoms with E-state index in [1.54, 1.807) is 7.11 Å². The largest absolute Gasteiger partial charge is 0.383 e. The lowest BCUT2D eigenvalue weighted by atomic mass is 9.88. The summed E-state index contributed by atoms with van der Waals surface area (Å²) in [5.74, 6) is 0. The molecular weight excluding hydrogens is 268 g/mol. The molecule has 0 amide bonds. The van der Waals surface area contributed by atoms with Gasteiger partial charge < -0.3 is 10.1 Å². The zero-order chi connectivity index (χ0) is 14.2. The molecule has 0 bridgehead atoms. The van der Waals surface area contributed by atoms with Gasteiger partial charge in [-0.3, -0.25) is 0 Å². The van der Waals surface area contributed by atoms with Gasteiger partial charge in [0.2, 0.25) is 0 Å². The molecule has 2 aliphatic rings. The summed E-state index contributed by atoms with van der Waals surface area (Å²) in [4.78, 5) is 6.54. The molecule has 0 aliphatic heterocycles. The molecule has 3 rings (SSSR count). The number of ether oxygens (including phenoxy) is 1. The van der Waals surface area contributed by atoms with Gasteiger partial charge in [0.25, 0.3) is 0 Å². The Bertz CT molecular complexity index is 461. The van der Waals surface area contributed by atoms with E-state index in [0.29, 0.717) is 5.41 Å². The second-order valence-corrected chi connectivity index (χ2v) is 8.17. The third kappa shape index (κ3) is 2.66. The minimum Gasteiger partial charge on any atom is -0.383 e. The molecule has 4 heteroatoms. The highest BCUT2D eigenvalue weighted by molar-refractivity contribution is 7.12. The first-order chi connectivity index (χ1) is 9.55. The van der Waals surface area contributed by atoms with E-state index in [4.69, 9.17) is 9.72 Å². The van der Waals surface area contributed by atoms with Crippen LogP contribution in [-0.4, -0.2) is 25.2 Å². The van der Waals surface area contributed by atoms with E-state index < -0.39 is 0 Å². The molecule has 1 aromatic rings. The van der Waals surface area contributed by atoms with Crippen LogP contribution in [0, 0.1) is 5.41 Å². The Kier molecular flexibility index (Phi) is 3.91. The molecule has 0 spiro atoms. The van der Waals surface area contributed by atoms with Gasteiger partial charge in [-0.25, -0.2) is 4.98 Å². The molecule has 1 saturated carbocycles. The molecule has 20 heavy (non-hydrogen) atoms. The monoisotopic (exact) mass is 294 g/mol. The summed E-state index contributed by atoms with van der Waals surface area (Å²) in [5.41, 5.74) is 1.88. The predicted molar refractivity (Wildman–Crippen MR) is 83.3 cm³/mol. The molecule has 112 valence electrons. The maximum Gasteiger partial charge on any atom is 0.113 e. The highest BCUT2D eigenvalue weighted by Gasteiger charge is 2.46. The minimum atomic E-state index is 0.0943. The molecule has 1 atom stereocenters.